The molecule has 0 bridgehead atoms. The summed E-state index contributed by atoms with van der Waals surface area (Å²) in [4.78, 5) is 0. The Labute approximate surface area is 97.1 Å². The zero-order valence-electron chi connectivity index (χ0n) is 9.51. The Bertz CT molecular complexity index is 334. The first-order chi connectivity index (χ1) is 7.86. The van der Waals surface area contributed by atoms with Gasteiger partial charge in [0.25, 0.3) is 0 Å². The second-order valence-electron chi connectivity index (χ2n) is 4.28. The lowest BCUT2D eigenvalue weighted by Crippen LogP contribution is -2.31. The third-order valence-electron chi connectivity index (χ3n) is 3.02. The van der Waals surface area contributed by atoms with Crippen LogP contribution in [-0.2, 0) is 4.74 Å². The molecule has 1 aromatic rings. The van der Waals surface area contributed by atoms with E-state index in [0.717, 1.165) is 12.8 Å². The van der Waals surface area contributed by atoms with Gasteiger partial charge in [-0.1, -0.05) is 42.5 Å². The second kappa shape index (κ2) is 5.83. The van der Waals surface area contributed by atoms with Crippen LogP contribution in [0.3, 0.4) is 0 Å². The minimum atomic E-state index is 0.241. The summed E-state index contributed by atoms with van der Waals surface area (Å²) < 4.78 is 5.73. The van der Waals surface area contributed by atoms with E-state index in [0.29, 0.717) is 6.61 Å². The molecule has 2 heteroatoms. The maximum absolute atomic E-state index is 5.92. The quantitative estimate of drug-likeness (QED) is 0.841. The van der Waals surface area contributed by atoms with E-state index in [1.54, 1.807) is 0 Å². The van der Waals surface area contributed by atoms with Crippen LogP contribution in [0.4, 0.5) is 0 Å². The Morgan fingerprint density at radius 3 is 2.75 bits per heavy atom. The molecular weight excluding hydrogens is 198 g/mol. The molecule has 2 unspecified atom stereocenters. The number of nitrogens with two attached hydrogens (primary N) is 1. The first-order valence-electron chi connectivity index (χ1n) is 5.95. The van der Waals surface area contributed by atoms with Gasteiger partial charge in [-0.05, 0) is 24.8 Å². The minimum absolute atomic E-state index is 0.241. The predicted molar refractivity (Wildman–Crippen MR) is 67.0 cm³/mol. The Morgan fingerprint density at radius 1 is 1.25 bits per heavy atom. The Kier molecular flexibility index (Phi) is 4.14. The normalized spacial score (nSPS) is 25.3. The standard InChI is InChI=1S/C14H19NO/c15-13-9-4-10-14(13)16-11-5-8-12-6-2-1-3-7-12/h1-3,5-8,13-14H,4,9-11,15H2/b8-5+. The van der Waals surface area contributed by atoms with Crippen molar-refractivity contribution in [1.82, 2.24) is 0 Å². The Balaban J connectivity index is 1.73. The van der Waals surface area contributed by atoms with E-state index < -0.39 is 0 Å². The fourth-order valence-electron chi connectivity index (χ4n) is 2.09. The van der Waals surface area contributed by atoms with Crippen LogP contribution in [0.2, 0.25) is 0 Å². The van der Waals surface area contributed by atoms with E-state index in [1.165, 1.54) is 12.0 Å². The molecule has 0 aliphatic heterocycles. The molecule has 2 atom stereocenters. The topological polar surface area (TPSA) is 35.2 Å². The number of hydrogen-bond donors (Lipinski definition) is 1. The highest BCUT2D eigenvalue weighted by atomic mass is 16.5. The third kappa shape index (κ3) is 3.19. The Morgan fingerprint density at radius 2 is 2.06 bits per heavy atom. The molecule has 0 amide bonds. The lowest BCUT2D eigenvalue weighted by molar-refractivity contribution is 0.0688. The van der Waals surface area contributed by atoms with E-state index >= 15 is 0 Å². The van der Waals surface area contributed by atoms with Crippen molar-refractivity contribution < 1.29 is 4.74 Å². The van der Waals surface area contributed by atoms with Crippen LogP contribution >= 0.6 is 0 Å². The van der Waals surface area contributed by atoms with Gasteiger partial charge in [0.2, 0.25) is 0 Å². The summed E-state index contributed by atoms with van der Waals surface area (Å²) in [6.45, 7) is 0.660. The van der Waals surface area contributed by atoms with E-state index in [1.807, 2.05) is 18.2 Å². The van der Waals surface area contributed by atoms with Crippen molar-refractivity contribution in [3.8, 4) is 0 Å². The minimum Gasteiger partial charge on any atom is -0.373 e. The van der Waals surface area contributed by atoms with Gasteiger partial charge < -0.3 is 10.5 Å². The molecule has 0 aromatic heterocycles. The van der Waals surface area contributed by atoms with Crippen LogP contribution in [-0.4, -0.2) is 18.8 Å². The predicted octanol–water partition coefficient (Wildman–Crippen LogP) is 2.60. The van der Waals surface area contributed by atoms with Crippen molar-refractivity contribution in [2.24, 2.45) is 5.73 Å². The number of hydrogen-bond acceptors (Lipinski definition) is 2. The molecule has 0 heterocycles. The van der Waals surface area contributed by atoms with Crippen LogP contribution < -0.4 is 5.73 Å². The molecule has 0 radical (unpaired) electrons. The molecule has 0 saturated heterocycles. The second-order valence-corrected chi connectivity index (χ2v) is 4.28. The zero-order valence-corrected chi connectivity index (χ0v) is 9.51. The number of rotatable bonds is 4. The summed E-state index contributed by atoms with van der Waals surface area (Å²) in [7, 11) is 0. The highest BCUT2D eigenvalue weighted by Crippen LogP contribution is 2.20. The molecule has 1 aromatic carbocycles. The molecule has 86 valence electrons. The number of benzene rings is 1. The summed E-state index contributed by atoms with van der Waals surface area (Å²) >= 11 is 0. The van der Waals surface area contributed by atoms with Crippen LogP contribution in [0, 0.1) is 0 Å². The lowest BCUT2D eigenvalue weighted by Gasteiger charge is -2.14. The first kappa shape index (κ1) is 11.4. The monoisotopic (exact) mass is 217 g/mol. The molecule has 2 rings (SSSR count). The maximum atomic E-state index is 5.92. The Hall–Kier alpha value is -1.12. The van der Waals surface area contributed by atoms with E-state index in [4.69, 9.17) is 10.5 Å². The molecule has 0 spiro atoms. The average molecular weight is 217 g/mol. The summed E-state index contributed by atoms with van der Waals surface area (Å²) in [5.41, 5.74) is 7.13. The number of ether oxygens (including phenoxy) is 1. The highest BCUT2D eigenvalue weighted by Gasteiger charge is 2.23. The smallest absolute Gasteiger partial charge is 0.0730 e. The van der Waals surface area contributed by atoms with E-state index in [-0.39, 0.29) is 12.1 Å². The molecule has 1 fully saturated rings. The largest absolute Gasteiger partial charge is 0.373 e. The van der Waals surface area contributed by atoms with Gasteiger partial charge in [-0.3, -0.25) is 0 Å². The molecule has 1 aliphatic carbocycles. The van der Waals surface area contributed by atoms with Crippen molar-refractivity contribution >= 4 is 6.08 Å². The van der Waals surface area contributed by atoms with Crippen LogP contribution in [0.1, 0.15) is 24.8 Å². The van der Waals surface area contributed by atoms with Gasteiger partial charge in [-0.15, -0.1) is 0 Å². The van der Waals surface area contributed by atoms with Gasteiger partial charge in [0.1, 0.15) is 0 Å². The van der Waals surface area contributed by atoms with E-state index in [9.17, 15) is 0 Å². The molecular formula is C14H19NO. The summed E-state index contributed by atoms with van der Waals surface area (Å²) in [6, 6.07) is 10.5. The third-order valence-corrected chi connectivity index (χ3v) is 3.02. The molecule has 2 nitrogen and oxygen atoms in total. The van der Waals surface area contributed by atoms with Crippen molar-refractivity contribution in [3.63, 3.8) is 0 Å². The van der Waals surface area contributed by atoms with Crippen molar-refractivity contribution in [2.45, 2.75) is 31.4 Å². The van der Waals surface area contributed by atoms with Gasteiger partial charge in [0, 0.05) is 6.04 Å². The maximum Gasteiger partial charge on any atom is 0.0730 e. The average Bonchev–Trinajstić information content (AvgIpc) is 2.72. The fraction of sp³-hybridized carbons (Fsp3) is 0.429. The molecule has 1 saturated carbocycles. The summed E-state index contributed by atoms with van der Waals surface area (Å²) in [5, 5.41) is 0. The SMILES string of the molecule is NC1CCCC1OC/C=C/c1ccccc1. The summed E-state index contributed by atoms with van der Waals surface area (Å²) in [6.07, 6.45) is 7.82. The van der Waals surface area contributed by atoms with Crippen molar-refractivity contribution in [3.05, 3.63) is 42.0 Å². The molecule has 2 N–H and O–H groups in total. The fourth-order valence-corrected chi connectivity index (χ4v) is 2.09. The van der Waals surface area contributed by atoms with E-state index in [2.05, 4.69) is 24.3 Å². The summed E-state index contributed by atoms with van der Waals surface area (Å²) in [5.74, 6) is 0. The molecule has 16 heavy (non-hydrogen) atoms. The lowest BCUT2D eigenvalue weighted by atomic mass is 10.2. The zero-order chi connectivity index (χ0) is 11.2. The van der Waals surface area contributed by atoms with Crippen molar-refractivity contribution in [2.75, 3.05) is 6.61 Å². The van der Waals surface area contributed by atoms with Gasteiger partial charge in [0.15, 0.2) is 0 Å². The van der Waals surface area contributed by atoms with Crippen molar-refractivity contribution in [1.29, 1.82) is 0 Å². The van der Waals surface area contributed by atoms with Crippen LogP contribution in [0.15, 0.2) is 36.4 Å². The van der Waals surface area contributed by atoms with Gasteiger partial charge in [-0.25, -0.2) is 0 Å². The van der Waals surface area contributed by atoms with Gasteiger partial charge in [0.05, 0.1) is 12.7 Å². The van der Waals surface area contributed by atoms with Crippen LogP contribution in [0.25, 0.3) is 6.08 Å². The van der Waals surface area contributed by atoms with Gasteiger partial charge >= 0.3 is 0 Å². The first-order valence-corrected chi connectivity index (χ1v) is 5.95. The molecule has 1 aliphatic rings. The van der Waals surface area contributed by atoms with Crippen LogP contribution in [0.5, 0.6) is 0 Å². The highest BCUT2D eigenvalue weighted by molar-refractivity contribution is 5.48. The van der Waals surface area contributed by atoms with Gasteiger partial charge in [-0.2, -0.15) is 0 Å².